The molecule has 0 unspecified atom stereocenters. The van der Waals surface area contributed by atoms with Crippen molar-refractivity contribution in [2.45, 2.75) is 116 Å². The van der Waals surface area contributed by atoms with Crippen molar-refractivity contribution < 1.29 is 23.9 Å². The first kappa shape index (κ1) is 29.0. The minimum Gasteiger partial charge on any atom is -0.444 e. The predicted octanol–water partition coefficient (Wildman–Crippen LogP) is 3.43. The third-order valence-corrected chi connectivity index (χ3v) is 7.11. The van der Waals surface area contributed by atoms with Gasteiger partial charge >= 0.3 is 6.09 Å². The van der Waals surface area contributed by atoms with Crippen LogP contribution in [0.3, 0.4) is 0 Å². The predicted molar refractivity (Wildman–Crippen MR) is 142 cm³/mol. The number of hydrogen-bond donors (Lipinski definition) is 3. The number of carbonyl (C=O) groups excluding carboxylic acids is 4. The molecule has 3 N–H and O–H groups in total. The smallest absolute Gasteiger partial charge is 0.408 e. The average molecular weight is 519 g/mol. The number of rotatable bonds is 3. The van der Waals surface area contributed by atoms with Crippen molar-refractivity contribution in [3.8, 4) is 0 Å². The summed E-state index contributed by atoms with van der Waals surface area (Å²) < 4.78 is 5.40. The Hall–Kier alpha value is -2.58. The van der Waals surface area contributed by atoms with Crippen LogP contribution in [0.25, 0.3) is 0 Å². The number of nitrogens with zero attached hydrogens (tertiary/aromatic N) is 1. The number of hydrogen-bond acceptors (Lipinski definition) is 5. The Labute approximate surface area is 221 Å². The van der Waals surface area contributed by atoms with E-state index in [1.807, 2.05) is 20.8 Å². The Bertz CT molecular complexity index is 903. The summed E-state index contributed by atoms with van der Waals surface area (Å²) in [5.41, 5.74) is -1.75. The van der Waals surface area contributed by atoms with Gasteiger partial charge in [0, 0.05) is 19.0 Å². The minimum absolute atomic E-state index is 0.0614. The van der Waals surface area contributed by atoms with Gasteiger partial charge in [0.15, 0.2) is 0 Å². The molecule has 0 aromatic rings. The standard InChI is InChI=1S/C28H46N4O5/c1-26(2,3)18-29-24(35)28-17-19(28)13-10-8-7-9-11-14-20(30-25(36)37-27(4,5)6)23(34)32-16-12-15-21(32)22(33)31-28/h10,13,19-21H,7-9,11-12,14-18H2,1-6H3,(H,29,35)(H,30,36)(H,31,33)/b13-10-/t19-,20+,21+,28-/m1/s1. The summed E-state index contributed by atoms with van der Waals surface area (Å²) in [6, 6.07) is -1.43. The van der Waals surface area contributed by atoms with Crippen LogP contribution in [0.2, 0.25) is 0 Å². The van der Waals surface area contributed by atoms with Crippen molar-refractivity contribution in [3.63, 3.8) is 0 Å². The quantitative estimate of drug-likeness (QED) is 0.495. The van der Waals surface area contributed by atoms with Gasteiger partial charge in [-0.05, 0) is 64.7 Å². The molecule has 4 amide bonds. The van der Waals surface area contributed by atoms with E-state index in [2.05, 4.69) is 28.1 Å². The molecule has 0 aromatic carbocycles. The summed E-state index contributed by atoms with van der Waals surface area (Å²) in [5.74, 6) is -0.808. The van der Waals surface area contributed by atoms with E-state index in [-0.39, 0.29) is 29.1 Å². The largest absolute Gasteiger partial charge is 0.444 e. The Kier molecular flexibility index (Phi) is 8.96. The van der Waals surface area contributed by atoms with E-state index >= 15 is 0 Å². The molecule has 2 heterocycles. The summed E-state index contributed by atoms with van der Waals surface area (Å²) in [5, 5.41) is 8.83. The van der Waals surface area contributed by atoms with Crippen molar-refractivity contribution in [2.75, 3.05) is 13.1 Å². The second-order valence-electron chi connectivity index (χ2n) is 13.0. The molecule has 2 fully saturated rings. The number of carbonyl (C=O) groups is 4. The average Bonchev–Trinajstić information content (AvgIpc) is 3.23. The van der Waals surface area contributed by atoms with Gasteiger partial charge in [-0.1, -0.05) is 45.8 Å². The molecule has 2 aliphatic heterocycles. The number of alkyl carbamates (subject to hydrolysis) is 1. The maximum absolute atomic E-state index is 13.6. The van der Waals surface area contributed by atoms with Crippen LogP contribution in [0.15, 0.2) is 12.2 Å². The van der Waals surface area contributed by atoms with Gasteiger partial charge in [0.1, 0.15) is 23.2 Å². The fourth-order valence-corrected chi connectivity index (χ4v) is 5.05. The first-order valence-corrected chi connectivity index (χ1v) is 13.8. The molecule has 208 valence electrons. The molecule has 1 aliphatic carbocycles. The summed E-state index contributed by atoms with van der Waals surface area (Å²) in [7, 11) is 0. The lowest BCUT2D eigenvalue weighted by Gasteiger charge is -2.31. The summed E-state index contributed by atoms with van der Waals surface area (Å²) in [6.07, 6.45) is 9.24. The first-order chi connectivity index (χ1) is 17.2. The highest BCUT2D eigenvalue weighted by molar-refractivity contribution is 5.98. The molecule has 37 heavy (non-hydrogen) atoms. The zero-order valence-electron chi connectivity index (χ0n) is 23.4. The number of fused-ring (bicyclic) bond motifs is 2. The molecular weight excluding hydrogens is 472 g/mol. The molecule has 0 spiro atoms. The van der Waals surface area contributed by atoms with Gasteiger partial charge in [0.05, 0.1) is 0 Å². The maximum Gasteiger partial charge on any atom is 0.408 e. The number of allylic oxidation sites excluding steroid dienone is 1. The lowest BCUT2D eigenvalue weighted by Crippen LogP contribution is -2.58. The van der Waals surface area contributed by atoms with E-state index in [9.17, 15) is 19.2 Å². The van der Waals surface area contributed by atoms with Crippen LogP contribution in [0, 0.1) is 11.3 Å². The van der Waals surface area contributed by atoms with Crippen LogP contribution in [0.4, 0.5) is 4.79 Å². The monoisotopic (exact) mass is 518 g/mol. The third-order valence-electron chi connectivity index (χ3n) is 7.11. The Morgan fingerprint density at radius 2 is 1.81 bits per heavy atom. The van der Waals surface area contributed by atoms with Crippen LogP contribution in [-0.4, -0.2) is 65.0 Å². The van der Waals surface area contributed by atoms with E-state index < -0.39 is 29.3 Å². The fourth-order valence-electron chi connectivity index (χ4n) is 5.05. The van der Waals surface area contributed by atoms with Crippen molar-refractivity contribution in [1.29, 1.82) is 0 Å². The normalized spacial score (nSPS) is 30.1. The highest BCUT2D eigenvalue weighted by atomic mass is 16.6. The van der Waals surface area contributed by atoms with Gasteiger partial charge in [0.2, 0.25) is 17.7 Å². The number of nitrogens with one attached hydrogen (secondary N) is 3. The molecule has 4 atom stereocenters. The molecule has 9 nitrogen and oxygen atoms in total. The minimum atomic E-state index is -0.982. The topological polar surface area (TPSA) is 117 Å². The molecule has 0 radical (unpaired) electrons. The van der Waals surface area contributed by atoms with Gasteiger partial charge in [-0.3, -0.25) is 14.4 Å². The third kappa shape index (κ3) is 7.95. The van der Waals surface area contributed by atoms with Crippen LogP contribution < -0.4 is 16.0 Å². The number of ether oxygens (including phenoxy) is 1. The van der Waals surface area contributed by atoms with E-state index in [0.29, 0.717) is 38.8 Å². The lowest BCUT2D eigenvalue weighted by atomic mass is 9.96. The van der Waals surface area contributed by atoms with Gasteiger partial charge in [-0.2, -0.15) is 0 Å². The van der Waals surface area contributed by atoms with Crippen molar-refractivity contribution >= 4 is 23.8 Å². The molecule has 1 saturated carbocycles. The van der Waals surface area contributed by atoms with Crippen LogP contribution >= 0.6 is 0 Å². The van der Waals surface area contributed by atoms with Crippen molar-refractivity contribution in [1.82, 2.24) is 20.9 Å². The highest BCUT2D eigenvalue weighted by Crippen LogP contribution is 2.45. The molecule has 1 saturated heterocycles. The van der Waals surface area contributed by atoms with Crippen molar-refractivity contribution in [3.05, 3.63) is 12.2 Å². The second-order valence-corrected chi connectivity index (χ2v) is 13.0. The van der Waals surface area contributed by atoms with Crippen LogP contribution in [0.1, 0.15) is 92.9 Å². The van der Waals surface area contributed by atoms with E-state index in [1.165, 1.54) is 0 Å². The number of amides is 4. The van der Waals surface area contributed by atoms with Gasteiger partial charge < -0.3 is 25.6 Å². The highest BCUT2D eigenvalue weighted by Gasteiger charge is 2.60. The molecule has 9 heteroatoms. The zero-order chi connectivity index (χ0) is 27.4. The molecule has 3 aliphatic rings. The Morgan fingerprint density at radius 3 is 2.49 bits per heavy atom. The Morgan fingerprint density at radius 1 is 1.08 bits per heavy atom. The lowest BCUT2D eigenvalue weighted by molar-refractivity contribution is -0.141. The molecule has 0 aromatic heterocycles. The molecular formula is C28H46N4O5. The summed E-state index contributed by atoms with van der Waals surface area (Å²) >= 11 is 0. The molecule has 3 rings (SSSR count). The van der Waals surface area contributed by atoms with E-state index in [0.717, 1.165) is 25.7 Å². The van der Waals surface area contributed by atoms with Crippen molar-refractivity contribution in [2.24, 2.45) is 11.3 Å². The second kappa shape index (κ2) is 11.4. The SMILES string of the molecule is CC(C)(C)CNC(=O)[C@@]12C[C@H]1/C=C\CCCCC[C@H](NC(=O)OC(C)(C)C)C(=O)N1CCC[C@H]1C(=O)N2. The van der Waals surface area contributed by atoms with Gasteiger partial charge in [0.25, 0.3) is 0 Å². The fraction of sp³-hybridized carbons (Fsp3) is 0.786. The maximum atomic E-state index is 13.6. The van der Waals surface area contributed by atoms with Gasteiger partial charge in [-0.25, -0.2) is 4.79 Å². The Balaban J connectivity index is 1.80. The van der Waals surface area contributed by atoms with Crippen LogP contribution in [0.5, 0.6) is 0 Å². The van der Waals surface area contributed by atoms with Gasteiger partial charge in [-0.15, -0.1) is 0 Å². The summed E-state index contributed by atoms with van der Waals surface area (Å²) in [6.45, 7) is 12.4. The molecule has 0 bridgehead atoms. The zero-order valence-corrected chi connectivity index (χ0v) is 23.4. The van der Waals surface area contributed by atoms with Crippen LogP contribution in [-0.2, 0) is 19.1 Å². The van der Waals surface area contributed by atoms with E-state index in [1.54, 1.807) is 25.7 Å². The first-order valence-electron chi connectivity index (χ1n) is 13.8. The van der Waals surface area contributed by atoms with E-state index in [4.69, 9.17) is 4.74 Å². The summed E-state index contributed by atoms with van der Waals surface area (Å²) in [4.78, 5) is 54.5.